The zero-order valence-electron chi connectivity index (χ0n) is 24.6. The average Bonchev–Trinajstić information content (AvgIpc) is 2.77. The Balaban J connectivity index is 0.00000103. The van der Waals surface area contributed by atoms with Gasteiger partial charge >= 0.3 is 5.97 Å². The normalized spacial score (nSPS) is 12.0. The fourth-order valence-corrected chi connectivity index (χ4v) is 3.70. The monoisotopic (exact) mass is 500 g/mol. The molecule has 0 aromatic heterocycles. The Morgan fingerprint density at radius 2 is 1.50 bits per heavy atom. The Morgan fingerprint density at radius 3 is 1.92 bits per heavy atom. The molecule has 36 heavy (non-hydrogen) atoms. The maximum atomic E-state index is 12.0. The van der Waals surface area contributed by atoms with E-state index in [1.807, 2.05) is 25.1 Å². The van der Waals surface area contributed by atoms with Crippen LogP contribution in [0.4, 0.5) is 0 Å². The van der Waals surface area contributed by atoms with E-state index < -0.39 is 0 Å². The van der Waals surface area contributed by atoms with E-state index >= 15 is 0 Å². The summed E-state index contributed by atoms with van der Waals surface area (Å²) in [5.74, 6) is 0.484. The third-order valence-corrected chi connectivity index (χ3v) is 6.06. The summed E-state index contributed by atoms with van der Waals surface area (Å²) in [5.41, 5.74) is 3.80. The quantitative estimate of drug-likeness (QED) is 0.177. The van der Waals surface area contributed by atoms with Crippen molar-refractivity contribution in [3.05, 3.63) is 53.1 Å². The van der Waals surface area contributed by atoms with Crippen molar-refractivity contribution >= 4 is 11.8 Å². The number of phenols is 1. The first-order valence-electron chi connectivity index (χ1n) is 13.5. The van der Waals surface area contributed by atoms with Crippen LogP contribution in [0.15, 0.2) is 36.4 Å². The molecule has 0 spiro atoms. The summed E-state index contributed by atoms with van der Waals surface area (Å²) >= 11 is 0. The fourth-order valence-electron chi connectivity index (χ4n) is 3.70. The number of ether oxygens (including phenoxy) is 1. The van der Waals surface area contributed by atoms with Crippen molar-refractivity contribution in [3.8, 4) is 5.75 Å². The highest BCUT2D eigenvalue weighted by Crippen LogP contribution is 2.40. The van der Waals surface area contributed by atoms with Gasteiger partial charge in [-0.3, -0.25) is 4.79 Å². The molecule has 0 aliphatic heterocycles. The van der Waals surface area contributed by atoms with Crippen molar-refractivity contribution in [2.45, 2.75) is 125 Å². The van der Waals surface area contributed by atoms with E-state index in [9.17, 15) is 14.7 Å². The largest absolute Gasteiger partial charge is 0.507 e. The van der Waals surface area contributed by atoms with E-state index in [1.54, 1.807) is 13.0 Å². The predicted octanol–water partition coefficient (Wildman–Crippen LogP) is 8.53. The molecule has 0 fully saturated rings. The van der Waals surface area contributed by atoms with Crippen LogP contribution in [0.5, 0.6) is 5.75 Å². The molecule has 204 valence electrons. The highest BCUT2D eigenvalue weighted by molar-refractivity contribution is 5.75. The second-order valence-corrected chi connectivity index (χ2v) is 11.6. The van der Waals surface area contributed by atoms with Gasteiger partial charge in [-0.05, 0) is 60.6 Å². The van der Waals surface area contributed by atoms with Crippen LogP contribution in [0.2, 0.25) is 0 Å². The number of benzene rings is 1. The van der Waals surface area contributed by atoms with E-state index in [0.717, 1.165) is 41.5 Å². The molecule has 1 N–H and O–H groups in total. The fraction of sp³-hybridized carbons (Fsp3) is 0.625. The number of ketones is 1. The van der Waals surface area contributed by atoms with E-state index in [-0.39, 0.29) is 22.6 Å². The molecular weight excluding hydrogens is 448 g/mol. The summed E-state index contributed by atoms with van der Waals surface area (Å²) in [7, 11) is 0. The number of carbonyl (C=O) groups excluding carboxylic acids is 2. The molecule has 0 bridgehead atoms. The van der Waals surface area contributed by atoms with Crippen molar-refractivity contribution in [3.63, 3.8) is 0 Å². The number of hydrogen-bond donors (Lipinski definition) is 1. The first-order valence-corrected chi connectivity index (χ1v) is 13.5. The summed E-state index contributed by atoms with van der Waals surface area (Å²) in [6.45, 7) is 22.5. The molecule has 0 saturated heterocycles. The second-order valence-electron chi connectivity index (χ2n) is 11.6. The number of esters is 1. The summed E-state index contributed by atoms with van der Waals surface area (Å²) in [6.07, 6.45) is 10.7. The minimum Gasteiger partial charge on any atom is -0.507 e. The van der Waals surface area contributed by atoms with Crippen LogP contribution in [-0.2, 0) is 31.6 Å². The van der Waals surface area contributed by atoms with Crippen LogP contribution in [0, 0.1) is 0 Å². The van der Waals surface area contributed by atoms with Gasteiger partial charge in [-0.15, -0.1) is 0 Å². The molecule has 0 heterocycles. The molecule has 0 atom stereocenters. The maximum absolute atomic E-state index is 12.0. The van der Waals surface area contributed by atoms with Crippen molar-refractivity contribution in [2.75, 3.05) is 6.61 Å². The number of carbonyl (C=O) groups is 2. The summed E-state index contributed by atoms with van der Waals surface area (Å²) < 4.78 is 5.34. The third kappa shape index (κ3) is 13.7. The Kier molecular flexibility index (Phi) is 15.3. The standard InChI is InChI=1S/C23H38O3.C9H14O/c1-8-9-10-11-14-26-20(24)13-12-17-15-18(22(2,3)4)21(25)19(16-17)23(5,6)7;1-4-9(5-2)7-6-8(3)10/h15-16,25H,8-14H2,1-7H3;4-5H,1,6-7H2,2-3H3/b;9-5+. The second kappa shape index (κ2) is 16.4. The van der Waals surface area contributed by atoms with Crippen LogP contribution in [0.25, 0.3) is 0 Å². The smallest absolute Gasteiger partial charge is 0.306 e. The molecule has 0 unspecified atom stereocenters. The van der Waals surface area contributed by atoms with Crippen LogP contribution in [0.1, 0.15) is 124 Å². The molecule has 0 amide bonds. The van der Waals surface area contributed by atoms with Crippen molar-refractivity contribution < 1.29 is 19.4 Å². The lowest BCUT2D eigenvalue weighted by Gasteiger charge is -2.28. The summed E-state index contributed by atoms with van der Waals surface area (Å²) in [4.78, 5) is 22.5. The van der Waals surface area contributed by atoms with Crippen molar-refractivity contribution in [1.82, 2.24) is 0 Å². The molecular formula is C32H52O4. The van der Waals surface area contributed by atoms with Crippen LogP contribution in [-0.4, -0.2) is 23.5 Å². The number of aryl methyl sites for hydroxylation is 1. The Labute approximate surface area is 221 Å². The molecule has 0 saturated carbocycles. The lowest BCUT2D eigenvalue weighted by Crippen LogP contribution is -2.18. The number of hydrogen-bond acceptors (Lipinski definition) is 4. The van der Waals surface area contributed by atoms with Crippen LogP contribution < -0.4 is 0 Å². The predicted molar refractivity (Wildman–Crippen MR) is 153 cm³/mol. The van der Waals surface area contributed by atoms with Gasteiger partial charge < -0.3 is 14.6 Å². The molecule has 0 aliphatic rings. The summed E-state index contributed by atoms with van der Waals surface area (Å²) in [6, 6.07) is 4.08. The summed E-state index contributed by atoms with van der Waals surface area (Å²) in [5, 5.41) is 10.8. The zero-order valence-corrected chi connectivity index (χ0v) is 24.6. The minimum atomic E-state index is -0.153. The lowest BCUT2D eigenvalue weighted by atomic mass is 9.78. The molecule has 4 heteroatoms. The number of allylic oxidation sites excluding steroid dienone is 3. The van der Waals surface area contributed by atoms with Crippen LogP contribution >= 0.6 is 0 Å². The lowest BCUT2D eigenvalue weighted by molar-refractivity contribution is -0.143. The first-order chi connectivity index (χ1) is 16.7. The highest BCUT2D eigenvalue weighted by Gasteiger charge is 2.26. The van der Waals surface area contributed by atoms with Gasteiger partial charge in [0.1, 0.15) is 11.5 Å². The Hall–Kier alpha value is -2.36. The van der Waals surface area contributed by atoms with Gasteiger partial charge in [0.05, 0.1) is 6.61 Å². The van der Waals surface area contributed by atoms with Gasteiger partial charge in [0.2, 0.25) is 0 Å². The third-order valence-electron chi connectivity index (χ3n) is 6.06. The van der Waals surface area contributed by atoms with Crippen molar-refractivity contribution in [2.24, 2.45) is 0 Å². The molecule has 4 nitrogen and oxygen atoms in total. The number of Topliss-reactive ketones (excluding diaryl/α,β-unsaturated/α-hetero) is 1. The Bertz CT molecular complexity index is 828. The van der Waals surface area contributed by atoms with Gasteiger partial charge in [-0.25, -0.2) is 0 Å². The van der Waals surface area contributed by atoms with Gasteiger partial charge in [0.15, 0.2) is 0 Å². The Morgan fingerprint density at radius 1 is 0.944 bits per heavy atom. The van der Waals surface area contributed by atoms with Gasteiger partial charge in [0.25, 0.3) is 0 Å². The topological polar surface area (TPSA) is 63.6 Å². The SMILES string of the molecule is C=C/C(=C\C)CCC(C)=O.CCCCCCOC(=O)CCc1cc(C(C)(C)C)c(O)c(C(C)(C)C)c1. The van der Waals surface area contributed by atoms with E-state index in [2.05, 4.69) is 55.0 Å². The number of aromatic hydroxyl groups is 1. The van der Waals surface area contributed by atoms with Gasteiger partial charge in [0, 0.05) is 12.8 Å². The number of unbranched alkanes of at least 4 members (excludes halogenated alkanes) is 3. The van der Waals surface area contributed by atoms with E-state index in [0.29, 0.717) is 31.6 Å². The number of rotatable bonds is 12. The molecule has 1 aromatic carbocycles. The molecule has 0 radical (unpaired) electrons. The molecule has 1 rings (SSSR count). The number of phenolic OH excluding ortho intramolecular Hbond substituents is 1. The van der Waals surface area contributed by atoms with E-state index in [1.165, 1.54) is 12.8 Å². The highest BCUT2D eigenvalue weighted by atomic mass is 16.5. The average molecular weight is 501 g/mol. The zero-order chi connectivity index (χ0) is 27.9. The van der Waals surface area contributed by atoms with Gasteiger partial charge in [-0.2, -0.15) is 0 Å². The van der Waals surface area contributed by atoms with Crippen molar-refractivity contribution in [1.29, 1.82) is 0 Å². The van der Waals surface area contributed by atoms with E-state index in [4.69, 9.17) is 4.74 Å². The minimum absolute atomic E-state index is 0.135. The molecule has 0 aliphatic carbocycles. The van der Waals surface area contributed by atoms with Gasteiger partial charge in [-0.1, -0.05) is 104 Å². The molecule has 1 aromatic rings. The maximum Gasteiger partial charge on any atom is 0.306 e. The first kappa shape index (κ1) is 33.6. The van der Waals surface area contributed by atoms with Crippen LogP contribution in [0.3, 0.4) is 0 Å².